The van der Waals surface area contributed by atoms with Crippen LogP contribution in [0.1, 0.15) is 17.3 Å². The first-order valence-electron chi connectivity index (χ1n) is 5.00. The van der Waals surface area contributed by atoms with Crippen molar-refractivity contribution >= 4 is 17.7 Å². The molecule has 0 aliphatic carbocycles. The minimum Gasteiger partial charge on any atom is -0.338 e. The van der Waals surface area contributed by atoms with Crippen LogP contribution >= 0.6 is 11.8 Å². The molecule has 2 rings (SSSR count). The molecule has 1 aromatic rings. The number of nitrogens with zero attached hydrogens (tertiary/aromatic N) is 2. The second-order valence-corrected chi connectivity index (χ2v) is 4.73. The zero-order valence-electron chi connectivity index (χ0n) is 8.93. The van der Waals surface area contributed by atoms with Gasteiger partial charge in [0.1, 0.15) is 0 Å². The Morgan fingerprint density at radius 3 is 2.73 bits per heavy atom. The van der Waals surface area contributed by atoms with Gasteiger partial charge in [-0.2, -0.15) is 0 Å². The smallest absolute Gasteiger partial charge is 0.255 e. The first-order valence-corrected chi connectivity index (χ1v) is 6.22. The average molecular weight is 222 g/mol. The van der Waals surface area contributed by atoms with Crippen LogP contribution in [0, 0.1) is 5.92 Å². The molecule has 1 aliphatic rings. The van der Waals surface area contributed by atoms with Crippen molar-refractivity contribution in [3.63, 3.8) is 0 Å². The number of carbonyl (C=O) groups is 1. The number of pyridine rings is 1. The van der Waals surface area contributed by atoms with E-state index in [1.54, 1.807) is 18.0 Å². The Labute approximate surface area is 93.9 Å². The third kappa shape index (κ3) is 2.15. The monoisotopic (exact) mass is 222 g/mol. The summed E-state index contributed by atoms with van der Waals surface area (Å²) >= 11 is 1.58. The van der Waals surface area contributed by atoms with Gasteiger partial charge >= 0.3 is 0 Å². The molecule has 0 radical (unpaired) electrons. The standard InChI is InChI=1S/C11H14N2OS/c1-8-6-13(7-8)11(14)9-3-4-10(15-2)12-5-9/h3-5,8H,6-7H2,1-2H3. The van der Waals surface area contributed by atoms with E-state index in [0.29, 0.717) is 11.5 Å². The molecule has 15 heavy (non-hydrogen) atoms. The van der Waals surface area contributed by atoms with Gasteiger partial charge in [-0.05, 0) is 24.3 Å². The maximum atomic E-state index is 11.9. The number of amides is 1. The summed E-state index contributed by atoms with van der Waals surface area (Å²) in [6.07, 6.45) is 3.64. The van der Waals surface area contributed by atoms with Crippen LogP contribution in [0.4, 0.5) is 0 Å². The maximum Gasteiger partial charge on any atom is 0.255 e. The summed E-state index contributed by atoms with van der Waals surface area (Å²) in [6, 6.07) is 3.74. The molecular weight excluding hydrogens is 208 g/mol. The number of thioether (sulfide) groups is 1. The number of aromatic nitrogens is 1. The van der Waals surface area contributed by atoms with E-state index >= 15 is 0 Å². The average Bonchev–Trinajstić information content (AvgIpc) is 2.24. The van der Waals surface area contributed by atoms with Crippen molar-refractivity contribution in [2.24, 2.45) is 5.92 Å². The lowest BCUT2D eigenvalue weighted by Gasteiger charge is -2.37. The van der Waals surface area contributed by atoms with Gasteiger partial charge in [-0.15, -0.1) is 11.8 Å². The van der Waals surface area contributed by atoms with Crippen molar-refractivity contribution in [2.75, 3.05) is 19.3 Å². The predicted molar refractivity (Wildman–Crippen MR) is 61.1 cm³/mol. The molecule has 0 N–H and O–H groups in total. The third-order valence-electron chi connectivity index (χ3n) is 2.54. The number of hydrogen-bond donors (Lipinski definition) is 0. The summed E-state index contributed by atoms with van der Waals surface area (Å²) < 4.78 is 0. The highest BCUT2D eigenvalue weighted by atomic mass is 32.2. The minimum atomic E-state index is 0.105. The van der Waals surface area contributed by atoms with Crippen molar-refractivity contribution in [1.29, 1.82) is 0 Å². The van der Waals surface area contributed by atoms with E-state index in [1.807, 2.05) is 23.3 Å². The van der Waals surface area contributed by atoms with Crippen LogP contribution in [0.5, 0.6) is 0 Å². The van der Waals surface area contributed by atoms with Crippen LogP contribution in [-0.2, 0) is 0 Å². The Hall–Kier alpha value is -1.03. The Morgan fingerprint density at radius 2 is 2.27 bits per heavy atom. The zero-order chi connectivity index (χ0) is 10.8. The Balaban J connectivity index is 2.06. The molecule has 0 bridgehead atoms. The van der Waals surface area contributed by atoms with Gasteiger partial charge in [0.25, 0.3) is 5.91 Å². The third-order valence-corrected chi connectivity index (χ3v) is 3.20. The summed E-state index contributed by atoms with van der Waals surface area (Å²) in [5.74, 6) is 0.751. The number of carbonyl (C=O) groups excluding carboxylic acids is 1. The van der Waals surface area contributed by atoms with Gasteiger partial charge in [0.15, 0.2) is 0 Å². The molecule has 0 unspecified atom stereocenters. The highest BCUT2D eigenvalue weighted by Gasteiger charge is 2.27. The molecule has 4 heteroatoms. The molecule has 0 atom stereocenters. The summed E-state index contributed by atoms with van der Waals surface area (Å²) in [4.78, 5) is 17.9. The maximum absolute atomic E-state index is 11.9. The van der Waals surface area contributed by atoms with E-state index < -0.39 is 0 Å². The SMILES string of the molecule is CSc1ccc(C(=O)N2CC(C)C2)cn1. The van der Waals surface area contributed by atoms with Crippen LogP contribution in [0.15, 0.2) is 23.4 Å². The lowest BCUT2D eigenvalue weighted by molar-refractivity contribution is 0.0530. The van der Waals surface area contributed by atoms with Gasteiger partial charge < -0.3 is 4.90 Å². The van der Waals surface area contributed by atoms with E-state index in [9.17, 15) is 4.79 Å². The molecule has 1 saturated heterocycles. The molecule has 80 valence electrons. The molecule has 0 aromatic carbocycles. The quantitative estimate of drug-likeness (QED) is 0.716. The molecule has 1 fully saturated rings. The fourth-order valence-electron chi connectivity index (χ4n) is 1.67. The van der Waals surface area contributed by atoms with Crippen molar-refractivity contribution in [1.82, 2.24) is 9.88 Å². The number of hydrogen-bond acceptors (Lipinski definition) is 3. The first-order chi connectivity index (χ1) is 7.20. The first kappa shape index (κ1) is 10.5. The van der Waals surface area contributed by atoms with Crippen molar-refractivity contribution in [3.05, 3.63) is 23.9 Å². The van der Waals surface area contributed by atoms with Crippen LogP contribution in [0.2, 0.25) is 0 Å². The van der Waals surface area contributed by atoms with Gasteiger partial charge in [0.05, 0.1) is 10.6 Å². The summed E-state index contributed by atoms with van der Waals surface area (Å²) in [6.45, 7) is 3.91. The number of likely N-dealkylation sites (tertiary alicyclic amines) is 1. The van der Waals surface area contributed by atoms with Gasteiger partial charge in [-0.25, -0.2) is 4.98 Å². The van der Waals surface area contributed by atoms with E-state index in [1.165, 1.54) is 0 Å². The van der Waals surface area contributed by atoms with Crippen LogP contribution < -0.4 is 0 Å². The molecule has 0 saturated carbocycles. The second-order valence-electron chi connectivity index (χ2n) is 3.90. The van der Waals surface area contributed by atoms with Crippen LogP contribution in [-0.4, -0.2) is 35.1 Å². The highest BCUT2D eigenvalue weighted by Crippen LogP contribution is 2.18. The fourth-order valence-corrected chi connectivity index (χ4v) is 2.04. The molecular formula is C11H14N2OS. The predicted octanol–water partition coefficient (Wildman–Crippen LogP) is 1.90. The largest absolute Gasteiger partial charge is 0.338 e. The van der Waals surface area contributed by atoms with Gasteiger partial charge in [-0.3, -0.25) is 4.79 Å². The number of rotatable bonds is 2. The Kier molecular flexibility index (Phi) is 2.95. The van der Waals surface area contributed by atoms with Crippen molar-refractivity contribution in [3.8, 4) is 0 Å². The second kappa shape index (κ2) is 4.23. The fraction of sp³-hybridized carbons (Fsp3) is 0.455. The van der Waals surface area contributed by atoms with Crippen molar-refractivity contribution in [2.45, 2.75) is 11.9 Å². The summed E-state index contributed by atoms with van der Waals surface area (Å²) in [7, 11) is 0. The van der Waals surface area contributed by atoms with E-state index in [4.69, 9.17) is 0 Å². The highest BCUT2D eigenvalue weighted by molar-refractivity contribution is 7.98. The Bertz CT molecular complexity index is 357. The van der Waals surface area contributed by atoms with Gasteiger partial charge in [0.2, 0.25) is 0 Å². The lowest BCUT2D eigenvalue weighted by Crippen LogP contribution is -2.48. The topological polar surface area (TPSA) is 33.2 Å². The van der Waals surface area contributed by atoms with E-state index in [-0.39, 0.29) is 5.91 Å². The van der Waals surface area contributed by atoms with Crippen molar-refractivity contribution < 1.29 is 4.79 Å². The molecule has 0 spiro atoms. The van der Waals surface area contributed by atoms with E-state index in [2.05, 4.69) is 11.9 Å². The molecule has 2 heterocycles. The minimum absolute atomic E-state index is 0.105. The van der Waals surface area contributed by atoms with Gasteiger partial charge in [0, 0.05) is 19.3 Å². The normalized spacial score (nSPS) is 16.3. The van der Waals surface area contributed by atoms with Crippen LogP contribution in [0.3, 0.4) is 0 Å². The molecule has 1 aliphatic heterocycles. The van der Waals surface area contributed by atoms with Crippen LogP contribution in [0.25, 0.3) is 0 Å². The lowest BCUT2D eigenvalue weighted by atomic mass is 10.0. The van der Waals surface area contributed by atoms with E-state index in [0.717, 1.165) is 18.1 Å². The van der Waals surface area contributed by atoms with Gasteiger partial charge in [-0.1, -0.05) is 6.92 Å². The summed E-state index contributed by atoms with van der Waals surface area (Å²) in [5, 5.41) is 0.948. The zero-order valence-corrected chi connectivity index (χ0v) is 9.75. The molecule has 3 nitrogen and oxygen atoms in total. The molecule has 1 amide bonds. The summed E-state index contributed by atoms with van der Waals surface area (Å²) in [5.41, 5.74) is 0.694. The molecule has 1 aromatic heterocycles. The Morgan fingerprint density at radius 1 is 1.53 bits per heavy atom.